The van der Waals surface area contributed by atoms with Crippen molar-refractivity contribution < 1.29 is 0 Å². The van der Waals surface area contributed by atoms with Crippen molar-refractivity contribution in [1.82, 2.24) is 20.1 Å². The van der Waals surface area contributed by atoms with Gasteiger partial charge >= 0.3 is 0 Å². The van der Waals surface area contributed by atoms with Crippen molar-refractivity contribution in [2.24, 2.45) is 7.05 Å². The van der Waals surface area contributed by atoms with Gasteiger partial charge in [0.1, 0.15) is 5.82 Å². The molecule has 1 saturated carbocycles. The quantitative estimate of drug-likeness (QED) is 0.823. The molecule has 1 unspecified atom stereocenters. The summed E-state index contributed by atoms with van der Waals surface area (Å²) < 4.78 is 1.91. The third-order valence-corrected chi connectivity index (χ3v) is 3.35. The van der Waals surface area contributed by atoms with Crippen LogP contribution in [0.2, 0.25) is 0 Å². The molecule has 4 heteroatoms. The molecule has 1 aliphatic rings. The molecule has 0 aliphatic heterocycles. The van der Waals surface area contributed by atoms with Crippen molar-refractivity contribution in [1.29, 1.82) is 0 Å². The van der Waals surface area contributed by atoms with E-state index in [2.05, 4.69) is 22.3 Å². The molecule has 0 bridgehead atoms. The SMILES string of the molecule is CNC(C)c1nc(C2CCCC2)nn1C. The van der Waals surface area contributed by atoms with Crippen LogP contribution in [0.1, 0.15) is 56.2 Å². The first-order valence-corrected chi connectivity index (χ1v) is 5.80. The van der Waals surface area contributed by atoms with Gasteiger partial charge in [-0.25, -0.2) is 4.98 Å². The maximum Gasteiger partial charge on any atom is 0.154 e. The van der Waals surface area contributed by atoms with Crippen LogP contribution in [0.5, 0.6) is 0 Å². The van der Waals surface area contributed by atoms with Crippen LogP contribution in [0, 0.1) is 0 Å². The summed E-state index contributed by atoms with van der Waals surface area (Å²) in [5, 5.41) is 7.73. The third kappa shape index (κ3) is 2.04. The van der Waals surface area contributed by atoms with E-state index in [1.807, 2.05) is 18.8 Å². The fraction of sp³-hybridized carbons (Fsp3) is 0.818. The lowest BCUT2D eigenvalue weighted by atomic mass is 10.1. The Bertz CT molecular complexity index is 325. The largest absolute Gasteiger partial charge is 0.311 e. The number of nitrogens with one attached hydrogen (secondary N) is 1. The van der Waals surface area contributed by atoms with Gasteiger partial charge < -0.3 is 5.32 Å². The molecule has 1 aromatic heterocycles. The van der Waals surface area contributed by atoms with Gasteiger partial charge in [0.15, 0.2) is 5.82 Å². The van der Waals surface area contributed by atoms with Gasteiger partial charge in [0.2, 0.25) is 0 Å². The molecule has 0 spiro atoms. The highest BCUT2D eigenvalue weighted by Gasteiger charge is 2.23. The molecule has 0 saturated heterocycles. The Balaban J connectivity index is 2.20. The van der Waals surface area contributed by atoms with Gasteiger partial charge in [0.25, 0.3) is 0 Å². The standard InChI is InChI=1S/C11H20N4/c1-8(12-2)11-13-10(14-15(11)3)9-6-4-5-7-9/h8-9,12H,4-7H2,1-3H3. The van der Waals surface area contributed by atoms with Crippen molar-refractivity contribution >= 4 is 0 Å². The number of hydrogen-bond donors (Lipinski definition) is 1. The second-order valence-electron chi connectivity index (χ2n) is 4.44. The van der Waals surface area contributed by atoms with E-state index in [0.717, 1.165) is 11.6 Å². The molecule has 1 N–H and O–H groups in total. The number of aryl methyl sites for hydroxylation is 1. The van der Waals surface area contributed by atoms with E-state index < -0.39 is 0 Å². The Hall–Kier alpha value is -0.900. The molecule has 4 nitrogen and oxygen atoms in total. The van der Waals surface area contributed by atoms with Crippen molar-refractivity contribution in [3.05, 3.63) is 11.6 Å². The summed E-state index contributed by atoms with van der Waals surface area (Å²) in [7, 11) is 3.93. The number of nitrogens with zero attached hydrogens (tertiary/aromatic N) is 3. The normalized spacial score (nSPS) is 19.7. The summed E-state index contributed by atoms with van der Waals surface area (Å²) in [6.45, 7) is 2.11. The Morgan fingerprint density at radius 2 is 2.07 bits per heavy atom. The predicted octanol–water partition coefficient (Wildman–Crippen LogP) is 1.75. The van der Waals surface area contributed by atoms with Crippen LogP contribution in [0.4, 0.5) is 0 Å². The van der Waals surface area contributed by atoms with Gasteiger partial charge in [0.05, 0.1) is 6.04 Å². The Morgan fingerprint density at radius 1 is 1.40 bits per heavy atom. The molecule has 1 atom stereocenters. The topological polar surface area (TPSA) is 42.7 Å². The molecule has 15 heavy (non-hydrogen) atoms. The van der Waals surface area contributed by atoms with Crippen molar-refractivity contribution in [3.63, 3.8) is 0 Å². The Kier molecular flexibility index (Phi) is 3.05. The molecule has 1 heterocycles. The molecule has 1 fully saturated rings. The number of aromatic nitrogens is 3. The van der Waals surface area contributed by atoms with Crippen LogP contribution >= 0.6 is 0 Å². The van der Waals surface area contributed by atoms with Crippen LogP contribution in [-0.4, -0.2) is 21.8 Å². The van der Waals surface area contributed by atoms with Crippen LogP contribution in [-0.2, 0) is 7.05 Å². The smallest absolute Gasteiger partial charge is 0.154 e. The molecular weight excluding hydrogens is 188 g/mol. The fourth-order valence-electron chi connectivity index (χ4n) is 2.28. The Labute approximate surface area is 91.1 Å². The molecule has 1 aliphatic carbocycles. The maximum absolute atomic E-state index is 4.65. The fourth-order valence-corrected chi connectivity index (χ4v) is 2.28. The van der Waals surface area contributed by atoms with E-state index in [1.54, 1.807) is 0 Å². The first-order chi connectivity index (χ1) is 7.22. The highest BCUT2D eigenvalue weighted by atomic mass is 15.3. The zero-order valence-corrected chi connectivity index (χ0v) is 9.82. The lowest BCUT2D eigenvalue weighted by Crippen LogP contribution is -2.16. The molecule has 2 rings (SSSR count). The lowest BCUT2D eigenvalue weighted by Gasteiger charge is -2.07. The molecule has 0 amide bonds. The van der Waals surface area contributed by atoms with E-state index in [1.165, 1.54) is 25.7 Å². The van der Waals surface area contributed by atoms with Crippen molar-refractivity contribution in [2.45, 2.75) is 44.6 Å². The average Bonchev–Trinajstić information content (AvgIpc) is 2.84. The van der Waals surface area contributed by atoms with E-state index in [9.17, 15) is 0 Å². The van der Waals surface area contributed by atoms with E-state index in [-0.39, 0.29) is 6.04 Å². The highest BCUT2D eigenvalue weighted by molar-refractivity contribution is 5.03. The molecule has 0 aromatic carbocycles. The van der Waals surface area contributed by atoms with Gasteiger partial charge in [-0.15, -0.1) is 0 Å². The summed E-state index contributed by atoms with van der Waals surface area (Å²) in [5.74, 6) is 2.69. The minimum atomic E-state index is 0.276. The predicted molar refractivity (Wildman–Crippen MR) is 59.7 cm³/mol. The summed E-state index contributed by atoms with van der Waals surface area (Å²) in [6.07, 6.45) is 5.19. The van der Waals surface area contributed by atoms with E-state index in [4.69, 9.17) is 0 Å². The summed E-state index contributed by atoms with van der Waals surface area (Å²) in [4.78, 5) is 4.65. The number of rotatable bonds is 3. The van der Waals surface area contributed by atoms with E-state index in [0.29, 0.717) is 5.92 Å². The maximum atomic E-state index is 4.65. The Morgan fingerprint density at radius 3 is 2.67 bits per heavy atom. The second kappa shape index (κ2) is 4.31. The first-order valence-electron chi connectivity index (χ1n) is 5.80. The van der Waals surface area contributed by atoms with Crippen molar-refractivity contribution in [2.75, 3.05) is 7.05 Å². The second-order valence-corrected chi connectivity index (χ2v) is 4.44. The van der Waals surface area contributed by atoms with Crippen LogP contribution in [0.15, 0.2) is 0 Å². The highest BCUT2D eigenvalue weighted by Crippen LogP contribution is 2.32. The van der Waals surface area contributed by atoms with Gasteiger partial charge in [-0.05, 0) is 26.8 Å². The zero-order valence-electron chi connectivity index (χ0n) is 9.82. The first kappa shape index (κ1) is 10.6. The van der Waals surface area contributed by atoms with Gasteiger partial charge in [-0.1, -0.05) is 12.8 Å². The summed E-state index contributed by atoms with van der Waals surface area (Å²) in [6, 6.07) is 0.276. The van der Waals surface area contributed by atoms with E-state index >= 15 is 0 Å². The third-order valence-electron chi connectivity index (χ3n) is 3.35. The zero-order chi connectivity index (χ0) is 10.8. The summed E-state index contributed by atoms with van der Waals surface area (Å²) in [5.41, 5.74) is 0. The van der Waals surface area contributed by atoms with Crippen LogP contribution in [0.25, 0.3) is 0 Å². The van der Waals surface area contributed by atoms with Gasteiger partial charge in [-0.2, -0.15) is 5.10 Å². The van der Waals surface area contributed by atoms with Crippen LogP contribution in [0.3, 0.4) is 0 Å². The van der Waals surface area contributed by atoms with Crippen LogP contribution < -0.4 is 5.32 Å². The van der Waals surface area contributed by atoms with Gasteiger partial charge in [-0.3, -0.25) is 4.68 Å². The van der Waals surface area contributed by atoms with Gasteiger partial charge in [0, 0.05) is 13.0 Å². The lowest BCUT2D eigenvalue weighted by molar-refractivity contribution is 0.564. The van der Waals surface area contributed by atoms with Crippen molar-refractivity contribution in [3.8, 4) is 0 Å². The molecular formula is C11H20N4. The minimum Gasteiger partial charge on any atom is -0.311 e. The molecule has 1 aromatic rings. The number of hydrogen-bond acceptors (Lipinski definition) is 3. The summed E-state index contributed by atoms with van der Waals surface area (Å²) >= 11 is 0. The molecule has 0 radical (unpaired) electrons. The monoisotopic (exact) mass is 208 g/mol. The minimum absolute atomic E-state index is 0.276. The average molecular weight is 208 g/mol. The molecule has 84 valence electrons.